The number of nitrogens with one attached hydrogen (secondary N) is 1. The number of aryl methyl sites for hydroxylation is 1. The Morgan fingerprint density at radius 3 is 2.57 bits per heavy atom. The molecule has 1 amide bonds. The molecule has 0 fully saturated rings. The molecule has 1 N–H and O–H groups in total. The van der Waals surface area contributed by atoms with E-state index < -0.39 is 5.97 Å². The number of esters is 1. The second-order valence-corrected chi connectivity index (χ2v) is 5.74. The number of ether oxygens (including phenoxy) is 1. The first-order valence-electron chi connectivity index (χ1n) is 6.96. The van der Waals surface area contributed by atoms with Gasteiger partial charge >= 0.3 is 5.97 Å². The van der Waals surface area contributed by atoms with Crippen molar-refractivity contribution in [2.45, 2.75) is 13.3 Å². The van der Waals surface area contributed by atoms with Crippen LogP contribution in [0.5, 0.6) is 5.75 Å². The Balaban J connectivity index is 1.80. The minimum absolute atomic E-state index is 0.0534. The second kappa shape index (κ2) is 7.99. The maximum atomic E-state index is 11.9. The Morgan fingerprint density at radius 1 is 1.09 bits per heavy atom. The molecule has 0 aromatic heterocycles. The molecule has 0 aliphatic rings. The van der Waals surface area contributed by atoms with Crippen molar-refractivity contribution in [1.29, 1.82) is 0 Å². The van der Waals surface area contributed by atoms with Crippen LogP contribution in [0.2, 0.25) is 10.0 Å². The average molecular weight is 352 g/mol. The third kappa shape index (κ3) is 5.27. The number of rotatable bonds is 5. The molecule has 0 unspecified atom stereocenters. The van der Waals surface area contributed by atoms with Gasteiger partial charge in [-0.2, -0.15) is 0 Å². The second-order valence-electron chi connectivity index (χ2n) is 4.93. The third-order valence-corrected chi connectivity index (χ3v) is 3.76. The van der Waals surface area contributed by atoms with E-state index in [1.807, 2.05) is 19.1 Å². The number of hydrogen-bond acceptors (Lipinski definition) is 3. The quantitative estimate of drug-likeness (QED) is 0.653. The lowest BCUT2D eigenvalue weighted by molar-refractivity contribution is -0.134. The van der Waals surface area contributed by atoms with Crippen LogP contribution in [0.1, 0.15) is 22.3 Å². The zero-order valence-corrected chi connectivity index (χ0v) is 13.9. The summed E-state index contributed by atoms with van der Waals surface area (Å²) < 4.78 is 5.12. The fourth-order valence-corrected chi connectivity index (χ4v) is 2.18. The SMILES string of the molecule is Cc1cccc(C(=O)NCCC(=O)Oc2ccc(Cl)c(Cl)c2)c1. The molecule has 0 atom stereocenters. The first kappa shape index (κ1) is 17.3. The molecule has 0 radical (unpaired) electrons. The highest BCUT2D eigenvalue weighted by Crippen LogP contribution is 2.26. The Bertz CT molecular complexity index is 732. The highest BCUT2D eigenvalue weighted by Gasteiger charge is 2.09. The van der Waals surface area contributed by atoms with E-state index in [9.17, 15) is 9.59 Å². The van der Waals surface area contributed by atoms with Gasteiger partial charge in [0, 0.05) is 18.2 Å². The number of carbonyl (C=O) groups is 2. The number of benzene rings is 2. The standard InChI is InChI=1S/C17H15Cl2NO3/c1-11-3-2-4-12(9-11)17(22)20-8-7-16(21)23-13-5-6-14(18)15(19)10-13/h2-6,9-10H,7-8H2,1H3,(H,20,22). The van der Waals surface area contributed by atoms with Crippen LogP contribution in [-0.2, 0) is 4.79 Å². The monoisotopic (exact) mass is 351 g/mol. The molecule has 0 bridgehead atoms. The van der Waals surface area contributed by atoms with Crippen LogP contribution in [-0.4, -0.2) is 18.4 Å². The van der Waals surface area contributed by atoms with Crippen LogP contribution < -0.4 is 10.1 Å². The summed E-state index contributed by atoms with van der Waals surface area (Å²) in [5.41, 5.74) is 1.56. The molecule has 4 nitrogen and oxygen atoms in total. The number of amides is 1. The van der Waals surface area contributed by atoms with Crippen molar-refractivity contribution >= 4 is 35.1 Å². The molecule has 0 saturated carbocycles. The van der Waals surface area contributed by atoms with Gasteiger partial charge in [0.2, 0.25) is 0 Å². The fraction of sp³-hybridized carbons (Fsp3) is 0.176. The van der Waals surface area contributed by atoms with Crippen LogP contribution in [0, 0.1) is 6.92 Å². The van der Waals surface area contributed by atoms with Crippen LogP contribution in [0.4, 0.5) is 0 Å². The summed E-state index contributed by atoms with van der Waals surface area (Å²) in [5, 5.41) is 3.37. The van der Waals surface area contributed by atoms with Crippen molar-refractivity contribution in [1.82, 2.24) is 5.32 Å². The maximum Gasteiger partial charge on any atom is 0.312 e. The zero-order valence-electron chi connectivity index (χ0n) is 12.4. The van der Waals surface area contributed by atoms with Crippen molar-refractivity contribution < 1.29 is 14.3 Å². The Labute approximate surface area is 144 Å². The number of hydrogen-bond donors (Lipinski definition) is 1. The van der Waals surface area contributed by atoms with Gasteiger partial charge in [0.1, 0.15) is 5.75 Å². The number of halogens is 2. The molecule has 0 saturated heterocycles. The average Bonchev–Trinajstić information content (AvgIpc) is 2.51. The lowest BCUT2D eigenvalue weighted by atomic mass is 10.1. The molecule has 2 aromatic carbocycles. The first-order valence-corrected chi connectivity index (χ1v) is 7.72. The normalized spacial score (nSPS) is 10.2. The van der Waals surface area contributed by atoms with Gasteiger partial charge in [0.25, 0.3) is 5.91 Å². The van der Waals surface area contributed by atoms with Crippen molar-refractivity contribution in [2.24, 2.45) is 0 Å². The van der Waals surface area contributed by atoms with Crippen LogP contribution >= 0.6 is 23.2 Å². The summed E-state index contributed by atoms with van der Waals surface area (Å²) in [6.07, 6.45) is 0.0534. The molecule has 2 aromatic rings. The van der Waals surface area contributed by atoms with Gasteiger partial charge in [0.05, 0.1) is 16.5 Å². The predicted molar refractivity (Wildman–Crippen MR) is 90.2 cm³/mol. The van der Waals surface area contributed by atoms with E-state index >= 15 is 0 Å². The minimum Gasteiger partial charge on any atom is -0.426 e. The highest BCUT2D eigenvalue weighted by molar-refractivity contribution is 6.42. The van der Waals surface area contributed by atoms with Crippen molar-refractivity contribution in [3.8, 4) is 5.75 Å². The molecule has 0 aliphatic carbocycles. The van der Waals surface area contributed by atoms with Gasteiger partial charge in [0.15, 0.2) is 0 Å². The Morgan fingerprint density at radius 2 is 1.87 bits per heavy atom. The van der Waals surface area contributed by atoms with Crippen molar-refractivity contribution in [3.63, 3.8) is 0 Å². The summed E-state index contributed by atoms with van der Waals surface area (Å²) >= 11 is 11.6. The topological polar surface area (TPSA) is 55.4 Å². The van der Waals surface area contributed by atoms with E-state index in [0.717, 1.165) is 5.56 Å². The molecule has 0 aliphatic heterocycles. The summed E-state index contributed by atoms with van der Waals surface area (Å²) in [5.74, 6) is -0.377. The van der Waals surface area contributed by atoms with Gasteiger partial charge in [-0.05, 0) is 31.2 Å². The number of carbonyl (C=O) groups excluding carboxylic acids is 2. The van der Waals surface area contributed by atoms with E-state index in [4.69, 9.17) is 27.9 Å². The van der Waals surface area contributed by atoms with Crippen LogP contribution in [0.25, 0.3) is 0 Å². The van der Waals surface area contributed by atoms with Gasteiger partial charge in [-0.1, -0.05) is 40.9 Å². The molecular formula is C17H15Cl2NO3. The molecule has 6 heteroatoms. The van der Waals surface area contributed by atoms with E-state index in [1.54, 1.807) is 24.3 Å². The van der Waals surface area contributed by atoms with Crippen molar-refractivity contribution in [2.75, 3.05) is 6.54 Å². The molecule has 0 spiro atoms. The zero-order chi connectivity index (χ0) is 16.8. The maximum absolute atomic E-state index is 11.9. The fourth-order valence-electron chi connectivity index (χ4n) is 1.89. The lowest BCUT2D eigenvalue weighted by Crippen LogP contribution is -2.27. The molecule has 120 valence electrons. The third-order valence-electron chi connectivity index (χ3n) is 3.02. The molecule has 23 heavy (non-hydrogen) atoms. The van der Waals surface area contributed by atoms with Crippen molar-refractivity contribution in [3.05, 3.63) is 63.6 Å². The summed E-state index contributed by atoms with van der Waals surface area (Å²) in [6, 6.07) is 11.8. The van der Waals surface area contributed by atoms with E-state index in [0.29, 0.717) is 21.4 Å². The van der Waals surface area contributed by atoms with Gasteiger partial charge in [-0.25, -0.2) is 0 Å². The van der Waals surface area contributed by atoms with Crippen LogP contribution in [0.3, 0.4) is 0 Å². The largest absolute Gasteiger partial charge is 0.426 e. The summed E-state index contributed by atoms with van der Waals surface area (Å²) in [4.78, 5) is 23.7. The summed E-state index contributed by atoms with van der Waals surface area (Å²) in [6.45, 7) is 2.10. The van der Waals surface area contributed by atoms with E-state index in [-0.39, 0.29) is 18.9 Å². The summed E-state index contributed by atoms with van der Waals surface area (Å²) in [7, 11) is 0. The van der Waals surface area contributed by atoms with Crippen LogP contribution in [0.15, 0.2) is 42.5 Å². The minimum atomic E-state index is -0.465. The molecular weight excluding hydrogens is 337 g/mol. The molecule has 0 heterocycles. The first-order chi connectivity index (χ1) is 11.0. The van der Waals surface area contributed by atoms with Gasteiger partial charge in [-0.3, -0.25) is 9.59 Å². The molecule has 2 rings (SSSR count). The lowest BCUT2D eigenvalue weighted by Gasteiger charge is -2.07. The van der Waals surface area contributed by atoms with Gasteiger partial charge < -0.3 is 10.1 Å². The Hall–Kier alpha value is -2.04. The Kier molecular flexibility index (Phi) is 6.02. The van der Waals surface area contributed by atoms with Gasteiger partial charge in [-0.15, -0.1) is 0 Å². The highest BCUT2D eigenvalue weighted by atomic mass is 35.5. The van der Waals surface area contributed by atoms with E-state index in [1.165, 1.54) is 6.07 Å². The van der Waals surface area contributed by atoms with E-state index in [2.05, 4.69) is 5.32 Å². The smallest absolute Gasteiger partial charge is 0.312 e. The predicted octanol–water partition coefficient (Wildman–Crippen LogP) is 4.03.